The molecule has 3 rings (SSSR count). The third-order valence-corrected chi connectivity index (χ3v) is 5.29. The molecular formula is C19H24ClN3O4. The molecule has 2 heterocycles. The van der Waals surface area contributed by atoms with E-state index in [0.717, 1.165) is 5.69 Å². The van der Waals surface area contributed by atoms with Gasteiger partial charge in [0.05, 0.1) is 6.54 Å². The summed E-state index contributed by atoms with van der Waals surface area (Å²) in [4.78, 5) is 40.3. The number of anilines is 1. The second kappa shape index (κ2) is 9.19. The number of halogens is 1. The molecule has 1 N–H and O–H groups in total. The third kappa shape index (κ3) is 5.20. The van der Waals surface area contributed by atoms with Gasteiger partial charge in [-0.1, -0.05) is 11.6 Å². The van der Waals surface area contributed by atoms with Crippen LogP contribution in [0.5, 0.6) is 0 Å². The maximum absolute atomic E-state index is 12.3. The van der Waals surface area contributed by atoms with Crippen LogP contribution < -0.4 is 10.2 Å². The summed E-state index contributed by atoms with van der Waals surface area (Å²) in [6, 6.07) is 7.61. The van der Waals surface area contributed by atoms with Gasteiger partial charge in [0, 0.05) is 56.0 Å². The van der Waals surface area contributed by atoms with Gasteiger partial charge in [0.25, 0.3) is 5.91 Å². The van der Waals surface area contributed by atoms with Crippen LogP contribution in [0.3, 0.4) is 0 Å². The highest BCUT2D eigenvalue weighted by Gasteiger charge is 2.28. The molecule has 2 saturated heterocycles. The normalized spacial score (nSPS) is 18.3. The van der Waals surface area contributed by atoms with E-state index >= 15 is 0 Å². The monoisotopic (exact) mass is 393 g/mol. The van der Waals surface area contributed by atoms with Gasteiger partial charge in [0.1, 0.15) is 0 Å². The Bertz CT molecular complexity index is 681. The van der Waals surface area contributed by atoms with Crippen molar-refractivity contribution in [1.82, 2.24) is 10.2 Å². The van der Waals surface area contributed by atoms with Crippen LogP contribution >= 0.6 is 11.6 Å². The smallest absolute Gasteiger partial charge is 0.288 e. The van der Waals surface area contributed by atoms with Crippen LogP contribution in [0.15, 0.2) is 24.3 Å². The van der Waals surface area contributed by atoms with E-state index in [4.69, 9.17) is 16.3 Å². The molecule has 0 spiro atoms. The van der Waals surface area contributed by atoms with Crippen molar-refractivity contribution in [3.8, 4) is 0 Å². The topological polar surface area (TPSA) is 79.0 Å². The molecule has 0 aliphatic carbocycles. The quantitative estimate of drug-likeness (QED) is 0.758. The lowest BCUT2D eigenvalue weighted by atomic mass is 9.95. The maximum Gasteiger partial charge on any atom is 0.288 e. The predicted molar refractivity (Wildman–Crippen MR) is 102 cm³/mol. The molecule has 2 amide bonds. The van der Waals surface area contributed by atoms with Crippen LogP contribution in [0.2, 0.25) is 5.02 Å². The average Bonchev–Trinajstić information content (AvgIpc) is 2.72. The zero-order chi connectivity index (χ0) is 19.2. The molecule has 0 radical (unpaired) electrons. The molecule has 0 atom stereocenters. The minimum absolute atomic E-state index is 0.144. The lowest BCUT2D eigenvalue weighted by molar-refractivity contribution is -0.143. The zero-order valence-electron chi connectivity index (χ0n) is 15.2. The third-order valence-electron chi connectivity index (χ3n) is 5.04. The molecule has 1 aromatic carbocycles. The molecule has 0 unspecified atom stereocenters. The first-order chi connectivity index (χ1) is 13.0. The number of amides is 2. The highest BCUT2D eigenvalue weighted by molar-refractivity contribution is 6.37. The molecule has 1 aromatic rings. The number of benzene rings is 1. The van der Waals surface area contributed by atoms with Crippen molar-refractivity contribution in [3.63, 3.8) is 0 Å². The van der Waals surface area contributed by atoms with Crippen LogP contribution in [-0.2, 0) is 19.1 Å². The minimum Gasteiger partial charge on any atom is -0.381 e. The van der Waals surface area contributed by atoms with Gasteiger partial charge in [0.2, 0.25) is 11.7 Å². The number of nitrogens with zero attached hydrogens (tertiary/aromatic N) is 2. The SMILES string of the molecule is O=C(NCC(=O)N1CCN(c2ccc(Cl)cc2)CC1)C(=O)C1CCOCC1. The first kappa shape index (κ1) is 19.6. The highest BCUT2D eigenvalue weighted by Crippen LogP contribution is 2.19. The number of rotatable bonds is 5. The molecule has 2 aliphatic rings. The van der Waals surface area contributed by atoms with Crippen molar-refractivity contribution in [2.24, 2.45) is 5.92 Å². The number of hydrogen-bond acceptors (Lipinski definition) is 5. The Hall–Kier alpha value is -2.12. The maximum atomic E-state index is 12.3. The van der Waals surface area contributed by atoms with Gasteiger partial charge in [-0.15, -0.1) is 0 Å². The highest BCUT2D eigenvalue weighted by atomic mass is 35.5. The molecule has 2 aliphatic heterocycles. The second-order valence-electron chi connectivity index (χ2n) is 6.78. The zero-order valence-corrected chi connectivity index (χ0v) is 15.9. The van der Waals surface area contributed by atoms with Crippen molar-refractivity contribution in [2.75, 3.05) is 50.8 Å². The summed E-state index contributed by atoms with van der Waals surface area (Å²) in [5.41, 5.74) is 1.07. The fourth-order valence-corrected chi connectivity index (χ4v) is 3.49. The summed E-state index contributed by atoms with van der Waals surface area (Å²) in [6.07, 6.45) is 1.12. The molecule has 0 bridgehead atoms. The van der Waals surface area contributed by atoms with E-state index < -0.39 is 11.7 Å². The lowest BCUT2D eigenvalue weighted by Gasteiger charge is -2.36. The van der Waals surface area contributed by atoms with Crippen molar-refractivity contribution >= 4 is 34.9 Å². The molecule has 2 fully saturated rings. The first-order valence-electron chi connectivity index (χ1n) is 9.22. The van der Waals surface area contributed by atoms with Crippen LogP contribution in [0, 0.1) is 5.92 Å². The summed E-state index contributed by atoms with van der Waals surface area (Å²) in [6.45, 7) is 3.43. The molecule has 7 nitrogen and oxygen atoms in total. The number of carbonyl (C=O) groups excluding carboxylic acids is 3. The Balaban J connectivity index is 1.42. The molecule has 0 saturated carbocycles. The van der Waals surface area contributed by atoms with Crippen molar-refractivity contribution in [2.45, 2.75) is 12.8 Å². The molecule has 0 aromatic heterocycles. The largest absolute Gasteiger partial charge is 0.381 e. The van der Waals surface area contributed by atoms with Gasteiger partial charge >= 0.3 is 0 Å². The predicted octanol–water partition coefficient (Wildman–Crippen LogP) is 1.10. The number of carbonyl (C=O) groups is 3. The van der Waals surface area contributed by atoms with Gasteiger partial charge in [-0.05, 0) is 37.1 Å². The average molecular weight is 394 g/mol. The molecular weight excluding hydrogens is 370 g/mol. The van der Waals surface area contributed by atoms with Gasteiger partial charge in [-0.3, -0.25) is 14.4 Å². The number of piperazine rings is 1. The van der Waals surface area contributed by atoms with Crippen molar-refractivity contribution < 1.29 is 19.1 Å². The van der Waals surface area contributed by atoms with E-state index in [9.17, 15) is 14.4 Å². The summed E-state index contributed by atoms with van der Waals surface area (Å²) >= 11 is 5.91. The number of hydrogen-bond donors (Lipinski definition) is 1. The number of Topliss-reactive ketones (excluding diaryl/α,β-unsaturated/α-hetero) is 1. The van der Waals surface area contributed by atoms with E-state index in [2.05, 4.69) is 10.2 Å². The van der Waals surface area contributed by atoms with Gasteiger partial charge < -0.3 is 19.9 Å². The van der Waals surface area contributed by atoms with E-state index in [0.29, 0.717) is 57.3 Å². The first-order valence-corrected chi connectivity index (χ1v) is 9.60. The van der Waals surface area contributed by atoms with Gasteiger partial charge in [0.15, 0.2) is 0 Å². The standard InChI is InChI=1S/C19H24ClN3O4/c20-15-1-3-16(4-2-15)22-7-9-23(10-8-22)17(24)13-21-19(26)18(25)14-5-11-27-12-6-14/h1-4,14H,5-13H2,(H,21,26). The Morgan fingerprint density at radius 2 is 1.67 bits per heavy atom. The minimum atomic E-state index is -0.671. The number of nitrogens with one attached hydrogen (secondary N) is 1. The van der Waals surface area contributed by atoms with Crippen molar-refractivity contribution in [3.05, 3.63) is 29.3 Å². The van der Waals surface area contributed by atoms with E-state index in [1.807, 2.05) is 24.3 Å². The fraction of sp³-hybridized carbons (Fsp3) is 0.526. The summed E-state index contributed by atoms with van der Waals surface area (Å²) in [5, 5.41) is 3.17. The summed E-state index contributed by atoms with van der Waals surface area (Å²) < 4.78 is 5.20. The Labute approximate surface area is 163 Å². The van der Waals surface area contributed by atoms with Crippen LogP contribution in [0.1, 0.15) is 12.8 Å². The van der Waals surface area contributed by atoms with E-state index in [1.54, 1.807) is 4.90 Å². The molecule has 27 heavy (non-hydrogen) atoms. The van der Waals surface area contributed by atoms with Crippen LogP contribution in [0.4, 0.5) is 5.69 Å². The van der Waals surface area contributed by atoms with Gasteiger partial charge in [-0.2, -0.15) is 0 Å². The Morgan fingerprint density at radius 1 is 1.04 bits per heavy atom. The second-order valence-corrected chi connectivity index (χ2v) is 7.21. The van der Waals surface area contributed by atoms with Crippen molar-refractivity contribution in [1.29, 1.82) is 0 Å². The summed E-state index contributed by atoms with van der Waals surface area (Å²) in [5.74, 6) is -1.58. The van der Waals surface area contributed by atoms with Gasteiger partial charge in [-0.25, -0.2) is 0 Å². The van der Waals surface area contributed by atoms with E-state index in [-0.39, 0.29) is 18.4 Å². The number of ketones is 1. The molecule has 8 heteroatoms. The molecule has 146 valence electrons. The lowest BCUT2D eigenvalue weighted by Crippen LogP contribution is -2.52. The van der Waals surface area contributed by atoms with Crippen LogP contribution in [-0.4, -0.2) is 68.4 Å². The fourth-order valence-electron chi connectivity index (χ4n) is 3.37. The number of ether oxygens (including phenoxy) is 1. The van der Waals surface area contributed by atoms with Crippen LogP contribution in [0.25, 0.3) is 0 Å². The Morgan fingerprint density at radius 3 is 2.30 bits per heavy atom. The Kier molecular flexibility index (Phi) is 6.68. The van der Waals surface area contributed by atoms with E-state index in [1.165, 1.54) is 0 Å². The summed E-state index contributed by atoms with van der Waals surface area (Å²) in [7, 11) is 0.